The van der Waals surface area contributed by atoms with Gasteiger partial charge in [0, 0.05) is 37.3 Å². The number of aliphatic hydroxyl groups excluding tert-OH is 1. The van der Waals surface area contributed by atoms with E-state index in [9.17, 15) is 5.11 Å². The average Bonchev–Trinajstić information content (AvgIpc) is 2.88. The van der Waals surface area contributed by atoms with Crippen LogP contribution in [0, 0.1) is 11.3 Å². The fourth-order valence-electron chi connectivity index (χ4n) is 4.65. The molecule has 0 radical (unpaired) electrons. The second-order valence-electron chi connectivity index (χ2n) is 9.14. The van der Waals surface area contributed by atoms with Crippen LogP contribution in [0.5, 0.6) is 5.75 Å². The molecule has 2 N–H and O–H groups in total. The third kappa shape index (κ3) is 6.12. The van der Waals surface area contributed by atoms with E-state index in [1.54, 1.807) is 25.1 Å². The first-order valence-electron chi connectivity index (χ1n) is 11.8. The maximum atomic E-state index is 11.3. The zero-order valence-electron chi connectivity index (χ0n) is 20.1. The summed E-state index contributed by atoms with van der Waals surface area (Å²) in [7, 11) is 0. The predicted octanol–water partition coefficient (Wildman–Crippen LogP) is 5.01. The van der Waals surface area contributed by atoms with Crippen LogP contribution in [0.3, 0.4) is 0 Å². The molecular weight excluding hydrogens is 497 g/mol. The van der Waals surface area contributed by atoms with Crippen LogP contribution in [-0.4, -0.2) is 54.5 Å². The number of ether oxygens (including phenoxy) is 1. The number of anilines is 1. The second-order valence-corrected chi connectivity index (χ2v) is 9.99. The SMILES string of the molecule is C[C@](O)(CN1CCN(c2ccc(OCCO)cc2Cl)[C@H](c2ccc(Cl)cc2)C1)c1ccc(C#N)cc1. The summed E-state index contributed by atoms with van der Waals surface area (Å²) >= 11 is 12.8. The summed E-state index contributed by atoms with van der Waals surface area (Å²) in [5.74, 6) is 0.609. The van der Waals surface area contributed by atoms with Crippen LogP contribution in [0.1, 0.15) is 29.7 Å². The van der Waals surface area contributed by atoms with Gasteiger partial charge in [0.2, 0.25) is 0 Å². The minimum absolute atomic E-state index is 0.0190. The van der Waals surface area contributed by atoms with E-state index in [1.165, 1.54) is 0 Å². The number of aliphatic hydroxyl groups is 2. The van der Waals surface area contributed by atoms with E-state index >= 15 is 0 Å². The van der Waals surface area contributed by atoms with Gasteiger partial charge in [0.05, 0.1) is 40.6 Å². The molecule has 1 heterocycles. The Hall–Kier alpha value is -2.79. The highest BCUT2D eigenvalue weighted by Gasteiger charge is 2.34. The van der Waals surface area contributed by atoms with Crippen LogP contribution in [0.25, 0.3) is 0 Å². The quantitative estimate of drug-likeness (QED) is 0.430. The van der Waals surface area contributed by atoms with Crippen molar-refractivity contribution in [2.75, 3.05) is 44.3 Å². The van der Waals surface area contributed by atoms with E-state index in [0.717, 1.165) is 23.4 Å². The van der Waals surface area contributed by atoms with Crippen LogP contribution >= 0.6 is 23.2 Å². The van der Waals surface area contributed by atoms with Crippen molar-refractivity contribution in [3.8, 4) is 11.8 Å². The Bertz CT molecular complexity index is 1210. The first-order valence-corrected chi connectivity index (χ1v) is 12.6. The highest BCUT2D eigenvalue weighted by Crippen LogP contribution is 2.38. The molecule has 6 nitrogen and oxygen atoms in total. The molecule has 8 heteroatoms. The molecule has 1 fully saturated rings. The lowest BCUT2D eigenvalue weighted by Crippen LogP contribution is -2.52. The van der Waals surface area contributed by atoms with Crippen molar-refractivity contribution < 1.29 is 14.9 Å². The van der Waals surface area contributed by atoms with Gasteiger partial charge >= 0.3 is 0 Å². The van der Waals surface area contributed by atoms with Crippen molar-refractivity contribution in [2.45, 2.75) is 18.6 Å². The molecular formula is C28H29Cl2N3O3. The zero-order valence-corrected chi connectivity index (χ0v) is 21.6. The summed E-state index contributed by atoms with van der Waals surface area (Å²) in [5, 5.41) is 30.7. The number of nitrogens with zero attached hydrogens (tertiary/aromatic N) is 3. The van der Waals surface area contributed by atoms with Gasteiger partial charge in [-0.05, 0) is 54.4 Å². The number of hydrogen-bond donors (Lipinski definition) is 2. The fraction of sp³-hybridized carbons (Fsp3) is 0.321. The average molecular weight is 526 g/mol. The number of piperazine rings is 1. The second kappa shape index (κ2) is 11.5. The lowest BCUT2D eigenvalue weighted by atomic mass is 9.93. The fourth-order valence-corrected chi connectivity index (χ4v) is 5.05. The molecule has 0 saturated carbocycles. The first-order chi connectivity index (χ1) is 17.3. The summed E-state index contributed by atoms with van der Waals surface area (Å²) < 4.78 is 5.51. The van der Waals surface area contributed by atoms with E-state index in [0.29, 0.717) is 41.0 Å². The van der Waals surface area contributed by atoms with Gasteiger partial charge in [-0.3, -0.25) is 4.90 Å². The molecule has 188 valence electrons. The number of nitriles is 1. The zero-order chi connectivity index (χ0) is 25.7. The van der Waals surface area contributed by atoms with Gasteiger partial charge in [-0.25, -0.2) is 0 Å². The van der Waals surface area contributed by atoms with Crippen molar-refractivity contribution in [3.63, 3.8) is 0 Å². The molecule has 0 aromatic heterocycles. The Morgan fingerprint density at radius 1 is 1.06 bits per heavy atom. The number of rotatable bonds is 8. The van der Waals surface area contributed by atoms with Gasteiger partial charge in [0.25, 0.3) is 0 Å². The smallest absolute Gasteiger partial charge is 0.121 e. The largest absolute Gasteiger partial charge is 0.491 e. The summed E-state index contributed by atoms with van der Waals surface area (Å²) in [6.45, 7) is 4.50. The summed E-state index contributed by atoms with van der Waals surface area (Å²) in [6.07, 6.45) is 0. The molecule has 0 unspecified atom stereocenters. The molecule has 0 spiro atoms. The number of β-amino-alcohol motifs (C(OH)–C–C–N with tert-alkyl or cyclic N) is 1. The van der Waals surface area contributed by atoms with Gasteiger partial charge in [0.15, 0.2) is 0 Å². The normalized spacial score (nSPS) is 17.9. The summed E-state index contributed by atoms with van der Waals surface area (Å²) in [6, 6.07) is 22.6. The molecule has 1 aliphatic heterocycles. The van der Waals surface area contributed by atoms with Crippen LogP contribution < -0.4 is 9.64 Å². The van der Waals surface area contributed by atoms with Gasteiger partial charge in [-0.1, -0.05) is 47.5 Å². The van der Waals surface area contributed by atoms with Crippen LogP contribution in [0.2, 0.25) is 10.0 Å². The Morgan fingerprint density at radius 3 is 2.42 bits per heavy atom. The Balaban J connectivity index is 1.58. The van der Waals surface area contributed by atoms with E-state index in [1.807, 2.05) is 48.5 Å². The minimum atomic E-state index is -1.08. The van der Waals surface area contributed by atoms with Gasteiger partial charge in [0.1, 0.15) is 12.4 Å². The van der Waals surface area contributed by atoms with Crippen molar-refractivity contribution in [1.82, 2.24) is 4.90 Å². The molecule has 0 bridgehead atoms. The molecule has 0 aliphatic carbocycles. The van der Waals surface area contributed by atoms with Crippen LogP contribution in [0.15, 0.2) is 66.7 Å². The molecule has 1 aliphatic rings. The molecule has 3 aromatic carbocycles. The summed E-state index contributed by atoms with van der Waals surface area (Å²) in [5.41, 5.74) is 2.25. The first kappa shape index (κ1) is 26.3. The number of hydrogen-bond acceptors (Lipinski definition) is 6. The van der Waals surface area contributed by atoms with Gasteiger partial charge < -0.3 is 19.8 Å². The van der Waals surface area contributed by atoms with Crippen molar-refractivity contribution in [2.24, 2.45) is 0 Å². The maximum absolute atomic E-state index is 11.3. The van der Waals surface area contributed by atoms with Gasteiger partial charge in [-0.15, -0.1) is 0 Å². The van der Waals surface area contributed by atoms with Crippen molar-refractivity contribution >= 4 is 28.9 Å². The predicted molar refractivity (Wildman–Crippen MR) is 143 cm³/mol. The molecule has 3 aromatic rings. The maximum Gasteiger partial charge on any atom is 0.121 e. The highest BCUT2D eigenvalue weighted by atomic mass is 35.5. The van der Waals surface area contributed by atoms with Crippen LogP contribution in [-0.2, 0) is 5.60 Å². The number of halogens is 2. The lowest BCUT2D eigenvalue weighted by molar-refractivity contribution is 0.0103. The third-order valence-electron chi connectivity index (χ3n) is 6.48. The topological polar surface area (TPSA) is 80.0 Å². The van der Waals surface area contributed by atoms with E-state index < -0.39 is 5.60 Å². The third-order valence-corrected chi connectivity index (χ3v) is 7.03. The highest BCUT2D eigenvalue weighted by molar-refractivity contribution is 6.33. The van der Waals surface area contributed by atoms with E-state index in [-0.39, 0.29) is 19.3 Å². The number of benzene rings is 3. The van der Waals surface area contributed by atoms with Crippen molar-refractivity contribution in [3.05, 3.63) is 93.5 Å². The Labute approximate surface area is 221 Å². The molecule has 2 atom stereocenters. The minimum Gasteiger partial charge on any atom is -0.491 e. The van der Waals surface area contributed by atoms with E-state index in [4.69, 9.17) is 38.3 Å². The van der Waals surface area contributed by atoms with Crippen LogP contribution in [0.4, 0.5) is 5.69 Å². The van der Waals surface area contributed by atoms with Gasteiger partial charge in [-0.2, -0.15) is 5.26 Å². The van der Waals surface area contributed by atoms with Crippen molar-refractivity contribution in [1.29, 1.82) is 5.26 Å². The Kier molecular flexibility index (Phi) is 8.40. The molecule has 36 heavy (non-hydrogen) atoms. The molecule has 1 saturated heterocycles. The standard InChI is InChI=1S/C28H29Cl2N3O3/c1-28(35,22-6-2-20(17-31)3-7-22)19-32-12-13-33(27(18-32)21-4-8-23(29)9-5-21)26-11-10-24(16-25(26)30)36-15-14-34/h2-11,16,27,34-35H,12-15,18-19H2,1H3/t27-,28-/m0/s1. The monoisotopic (exact) mass is 525 g/mol. The lowest BCUT2D eigenvalue weighted by Gasteiger charge is -2.45. The van der Waals surface area contributed by atoms with E-state index in [2.05, 4.69) is 15.9 Å². The summed E-state index contributed by atoms with van der Waals surface area (Å²) in [4.78, 5) is 4.52. The Morgan fingerprint density at radius 2 is 1.78 bits per heavy atom. The molecule has 0 amide bonds. The molecule has 4 rings (SSSR count).